The summed E-state index contributed by atoms with van der Waals surface area (Å²) < 4.78 is 14.4. The summed E-state index contributed by atoms with van der Waals surface area (Å²) in [6.45, 7) is 0.467. The number of carbonyl (C=O) groups is 2. The van der Waals surface area contributed by atoms with E-state index in [1.165, 1.54) is 12.1 Å². The molecule has 0 aliphatic rings. The lowest BCUT2D eigenvalue weighted by Crippen LogP contribution is -2.12. The van der Waals surface area contributed by atoms with Crippen molar-refractivity contribution in [2.24, 2.45) is 0 Å². The van der Waals surface area contributed by atoms with Gasteiger partial charge in [0, 0.05) is 25.1 Å². The maximum absolute atomic E-state index is 12.8. The van der Waals surface area contributed by atoms with Gasteiger partial charge >= 0.3 is 5.97 Å². The number of carboxylic acid groups (broad SMARTS) is 1. The first kappa shape index (κ1) is 15.7. The number of carbonyl (C=O) groups excluding carboxylic acids is 1. The molecule has 6 nitrogen and oxygen atoms in total. The average Bonchev–Trinajstić information content (AvgIpc) is 2.88. The molecule has 1 aromatic heterocycles. The molecule has 1 amide bonds. The molecule has 0 spiro atoms. The molecule has 0 saturated carbocycles. The van der Waals surface area contributed by atoms with Gasteiger partial charge in [0.25, 0.3) is 0 Å². The minimum Gasteiger partial charge on any atom is -0.481 e. The van der Waals surface area contributed by atoms with E-state index in [9.17, 15) is 14.0 Å². The minimum atomic E-state index is -0.920. The molecule has 0 aliphatic heterocycles. The summed E-state index contributed by atoms with van der Waals surface area (Å²) in [6.07, 6.45) is 2.09. The predicted molar refractivity (Wildman–Crippen MR) is 77.8 cm³/mol. The summed E-state index contributed by atoms with van der Waals surface area (Å²) in [5, 5.41) is 15.3. The first-order valence-corrected chi connectivity index (χ1v) is 6.82. The molecule has 1 aromatic carbocycles. The van der Waals surface area contributed by atoms with E-state index in [4.69, 9.17) is 5.11 Å². The van der Waals surface area contributed by atoms with Crippen molar-refractivity contribution < 1.29 is 19.1 Å². The Morgan fingerprint density at radius 3 is 2.59 bits per heavy atom. The fraction of sp³-hybridized carbons (Fsp3) is 0.267. The molecule has 1 heterocycles. The normalized spacial score (nSPS) is 10.4. The molecule has 0 saturated heterocycles. The number of anilines is 1. The van der Waals surface area contributed by atoms with E-state index in [1.54, 1.807) is 29.1 Å². The van der Waals surface area contributed by atoms with Crippen molar-refractivity contribution in [3.05, 3.63) is 47.9 Å². The van der Waals surface area contributed by atoms with Gasteiger partial charge in [0.15, 0.2) is 5.82 Å². The van der Waals surface area contributed by atoms with E-state index >= 15 is 0 Å². The van der Waals surface area contributed by atoms with E-state index in [0.29, 0.717) is 12.4 Å². The second-order valence-corrected chi connectivity index (χ2v) is 4.82. The highest BCUT2D eigenvalue weighted by Crippen LogP contribution is 2.08. The Balaban J connectivity index is 1.84. The Hall–Kier alpha value is -2.70. The summed E-state index contributed by atoms with van der Waals surface area (Å²) in [7, 11) is 0. The Bertz CT molecular complexity index is 652. The van der Waals surface area contributed by atoms with Crippen LogP contribution in [-0.4, -0.2) is 26.8 Å². The number of hydrogen-bond donors (Lipinski definition) is 2. The largest absolute Gasteiger partial charge is 0.481 e. The second-order valence-electron chi connectivity index (χ2n) is 4.82. The number of nitrogens with one attached hydrogen (secondary N) is 1. The molecule has 116 valence electrons. The fourth-order valence-electron chi connectivity index (χ4n) is 1.90. The number of carboxylic acids is 1. The summed E-state index contributed by atoms with van der Waals surface area (Å²) in [6, 6.07) is 7.74. The molecule has 2 N–H and O–H groups in total. The zero-order valence-corrected chi connectivity index (χ0v) is 11.8. The number of nitrogens with zero attached hydrogens (tertiary/aromatic N) is 2. The molecular weight excluding hydrogens is 289 g/mol. The van der Waals surface area contributed by atoms with Crippen molar-refractivity contribution in [1.82, 2.24) is 9.78 Å². The standard InChI is InChI=1S/C15H16FN3O3/c16-12-6-4-11(5-7-12)10-19-9-8-13(18-19)17-14(20)2-1-3-15(21)22/h4-9H,1-3,10H2,(H,21,22)(H,17,18,20). The Morgan fingerprint density at radius 2 is 1.91 bits per heavy atom. The van der Waals surface area contributed by atoms with Gasteiger partial charge in [-0.25, -0.2) is 4.39 Å². The van der Waals surface area contributed by atoms with Crippen LogP contribution in [0.4, 0.5) is 10.2 Å². The smallest absolute Gasteiger partial charge is 0.303 e. The van der Waals surface area contributed by atoms with Gasteiger partial charge in [0.05, 0.1) is 6.54 Å². The monoisotopic (exact) mass is 305 g/mol. The van der Waals surface area contributed by atoms with Crippen LogP contribution < -0.4 is 5.32 Å². The number of rotatable bonds is 7. The van der Waals surface area contributed by atoms with Crippen LogP contribution in [0.1, 0.15) is 24.8 Å². The molecular formula is C15H16FN3O3. The molecule has 0 unspecified atom stereocenters. The number of aliphatic carboxylic acids is 1. The van der Waals surface area contributed by atoms with Gasteiger partial charge < -0.3 is 10.4 Å². The number of halogens is 1. The first-order chi connectivity index (χ1) is 10.5. The van der Waals surface area contributed by atoms with Crippen LogP contribution in [0.3, 0.4) is 0 Å². The number of hydrogen-bond acceptors (Lipinski definition) is 3. The van der Waals surface area contributed by atoms with Gasteiger partial charge in [0.2, 0.25) is 5.91 Å². The number of benzene rings is 1. The summed E-state index contributed by atoms with van der Waals surface area (Å²) in [5.41, 5.74) is 0.892. The zero-order chi connectivity index (χ0) is 15.9. The molecule has 0 fully saturated rings. The molecule has 0 bridgehead atoms. The van der Waals surface area contributed by atoms with Crippen molar-refractivity contribution >= 4 is 17.7 Å². The molecule has 22 heavy (non-hydrogen) atoms. The Labute approximate surface area is 126 Å². The van der Waals surface area contributed by atoms with E-state index < -0.39 is 5.97 Å². The fourth-order valence-corrected chi connectivity index (χ4v) is 1.90. The summed E-state index contributed by atoms with van der Waals surface area (Å²) in [5.74, 6) is -1.08. The van der Waals surface area contributed by atoms with Crippen LogP contribution in [0.15, 0.2) is 36.5 Å². The van der Waals surface area contributed by atoms with Gasteiger partial charge in [-0.05, 0) is 24.1 Å². The van der Waals surface area contributed by atoms with Gasteiger partial charge in [-0.1, -0.05) is 12.1 Å². The third-order valence-electron chi connectivity index (χ3n) is 2.96. The summed E-state index contributed by atoms with van der Waals surface area (Å²) in [4.78, 5) is 22.0. The minimum absolute atomic E-state index is 0.0353. The van der Waals surface area contributed by atoms with Gasteiger partial charge in [0.1, 0.15) is 5.82 Å². The molecule has 0 atom stereocenters. The predicted octanol–water partition coefficient (Wildman–Crippen LogP) is 2.26. The SMILES string of the molecule is O=C(O)CCCC(=O)Nc1ccn(Cc2ccc(F)cc2)n1. The lowest BCUT2D eigenvalue weighted by Gasteiger charge is -2.03. The number of aromatic nitrogens is 2. The van der Waals surface area contributed by atoms with Gasteiger partial charge in [-0.3, -0.25) is 14.3 Å². The quantitative estimate of drug-likeness (QED) is 0.822. The van der Waals surface area contributed by atoms with E-state index in [1.807, 2.05) is 0 Å². The maximum Gasteiger partial charge on any atom is 0.303 e. The van der Waals surface area contributed by atoms with Crippen molar-refractivity contribution in [1.29, 1.82) is 0 Å². The molecule has 0 radical (unpaired) electrons. The van der Waals surface area contributed by atoms with Crippen LogP contribution in [0, 0.1) is 5.82 Å². The van der Waals surface area contributed by atoms with Crippen LogP contribution in [0.2, 0.25) is 0 Å². The lowest BCUT2D eigenvalue weighted by molar-refractivity contribution is -0.137. The zero-order valence-electron chi connectivity index (χ0n) is 11.8. The van der Waals surface area contributed by atoms with E-state index in [-0.39, 0.29) is 31.0 Å². The van der Waals surface area contributed by atoms with Crippen molar-refractivity contribution in [2.75, 3.05) is 5.32 Å². The van der Waals surface area contributed by atoms with Crippen molar-refractivity contribution in [3.8, 4) is 0 Å². The topological polar surface area (TPSA) is 84.2 Å². The summed E-state index contributed by atoms with van der Waals surface area (Å²) >= 11 is 0. The molecule has 0 aliphatic carbocycles. The number of amides is 1. The molecule has 7 heteroatoms. The molecule has 2 aromatic rings. The van der Waals surface area contributed by atoms with Crippen LogP contribution >= 0.6 is 0 Å². The average molecular weight is 305 g/mol. The van der Waals surface area contributed by atoms with Crippen molar-refractivity contribution in [3.63, 3.8) is 0 Å². The third kappa shape index (κ3) is 5.01. The van der Waals surface area contributed by atoms with Crippen LogP contribution in [0.25, 0.3) is 0 Å². The molecule has 2 rings (SSSR count). The van der Waals surface area contributed by atoms with Crippen LogP contribution in [0.5, 0.6) is 0 Å². The van der Waals surface area contributed by atoms with Crippen LogP contribution in [-0.2, 0) is 16.1 Å². The van der Waals surface area contributed by atoms with E-state index in [0.717, 1.165) is 5.56 Å². The van der Waals surface area contributed by atoms with Crippen molar-refractivity contribution in [2.45, 2.75) is 25.8 Å². The Morgan fingerprint density at radius 1 is 1.18 bits per heavy atom. The highest BCUT2D eigenvalue weighted by atomic mass is 19.1. The first-order valence-electron chi connectivity index (χ1n) is 6.82. The highest BCUT2D eigenvalue weighted by Gasteiger charge is 2.07. The maximum atomic E-state index is 12.8. The lowest BCUT2D eigenvalue weighted by atomic mass is 10.2. The van der Waals surface area contributed by atoms with Gasteiger partial charge in [-0.2, -0.15) is 5.10 Å². The van der Waals surface area contributed by atoms with E-state index in [2.05, 4.69) is 10.4 Å². The Kier molecular flexibility index (Phi) is 5.24. The highest BCUT2D eigenvalue weighted by molar-refractivity contribution is 5.89. The third-order valence-corrected chi connectivity index (χ3v) is 2.96. The van der Waals surface area contributed by atoms with Gasteiger partial charge in [-0.15, -0.1) is 0 Å². The second kappa shape index (κ2) is 7.35.